The minimum Gasteiger partial charge on any atom is -0.489 e. The van der Waals surface area contributed by atoms with E-state index in [0.717, 1.165) is 35.3 Å². The molecule has 30 heavy (non-hydrogen) atoms. The quantitative estimate of drug-likeness (QED) is 0.589. The highest BCUT2D eigenvalue weighted by molar-refractivity contribution is 7.88. The zero-order chi connectivity index (χ0) is 21.1. The van der Waals surface area contributed by atoms with Gasteiger partial charge in [0.2, 0.25) is 10.0 Å². The van der Waals surface area contributed by atoms with Crippen LogP contribution in [0.15, 0.2) is 66.7 Å². The SMILES string of the molecule is Cc1ccc(Cc2cccc3c2CCN(S(C)(=O)=O)C3)cc1OCc1ccccc1. The van der Waals surface area contributed by atoms with Crippen molar-refractivity contribution in [3.63, 3.8) is 0 Å². The molecule has 0 N–H and O–H groups in total. The van der Waals surface area contributed by atoms with Crippen LogP contribution in [0.2, 0.25) is 0 Å². The molecule has 0 bridgehead atoms. The van der Waals surface area contributed by atoms with Gasteiger partial charge >= 0.3 is 0 Å². The van der Waals surface area contributed by atoms with Gasteiger partial charge in [-0.3, -0.25) is 0 Å². The molecular formula is C25H27NO3S. The van der Waals surface area contributed by atoms with Gasteiger partial charge in [-0.2, -0.15) is 4.31 Å². The van der Waals surface area contributed by atoms with E-state index < -0.39 is 10.0 Å². The maximum Gasteiger partial charge on any atom is 0.211 e. The Hall–Kier alpha value is -2.63. The average molecular weight is 422 g/mol. The zero-order valence-corrected chi connectivity index (χ0v) is 18.3. The maximum atomic E-state index is 11.9. The Bertz CT molecular complexity index is 1140. The molecule has 4 nitrogen and oxygen atoms in total. The Morgan fingerprint density at radius 2 is 1.77 bits per heavy atom. The van der Waals surface area contributed by atoms with Crippen LogP contribution in [0.3, 0.4) is 0 Å². The van der Waals surface area contributed by atoms with Gasteiger partial charge in [-0.25, -0.2) is 8.42 Å². The van der Waals surface area contributed by atoms with Crippen molar-refractivity contribution >= 4 is 10.0 Å². The van der Waals surface area contributed by atoms with Crippen LogP contribution in [0.25, 0.3) is 0 Å². The van der Waals surface area contributed by atoms with Crippen LogP contribution in [0.4, 0.5) is 0 Å². The number of fused-ring (bicyclic) bond motifs is 1. The standard InChI is InChI=1S/C25H27NO3S/c1-19-11-12-21(16-25(19)29-18-20-7-4-3-5-8-20)15-22-9-6-10-23-17-26(30(2,27)28)14-13-24(22)23/h3-12,16H,13-15,17-18H2,1-2H3. The molecule has 0 amide bonds. The molecule has 0 spiro atoms. The van der Waals surface area contributed by atoms with Crippen molar-refractivity contribution in [1.29, 1.82) is 0 Å². The van der Waals surface area contributed by atoms with Gasteiger partial charge in [-0.05, 0) is 59.2 Å². The molecule has 4 rings (SSSR count). The molecule has 0 saturated carbocycles. The van der Waals surface area contributed by atoms with Crippen molar-refractivity contribution in [2.75, 3.05) is 12.8 Å². The van der Waals surface area contributed by atoms with Gasteiger partial charge in [0, 0.05) is 13.1 Å². The summed E-state index contributed by atoms with van der Waals surface area (Å²) in [6.07, 6.45) is 2.84. The van der Waals surface area contributed by atoms with Crippen LogP contribution in [0.5, 0.6) is 5.75 Å². The predicted octanol–water partition coefficient (Wildman–Crippen LogP) is 4.48. The van der Waals surface area contributed by atoms with E-state index in [2.05, 4.69) is 43.3 Å². The van der Waals surface area contributed by atoms with Crippen molar-refractivity contribution in [2.45, 2.75) is 32.9 Å². The van der Waals surface area contributed by atoms with Crippen LogP contribution >= 0.6 is 0 Å². The van der Waals surface area contributed by atoms with Gasteiger partial charge in [-0.15, -0.1) is 0 Å². The third-order valence-corrected chi connectivity index (χ3v) is 6.93. The molecule has 3 aromatic carbocycles. The monoisotopic (exact) mass is 421 g/mol. The van der Waals surface area contributed by atoms with Crippen LogP contribution in [-0.4, -0.2) is 25.5 Å². The van der Waals surface area contributed by atoms with Gasteiger partial charge < -0.3 is 4.74 Å². The summed E-state index contributed by atoms with van der Waals surface area (Å²) in [6, 6.07) is 22.8. The summed E-state index contributed by atoms with van der Waals surface area (Å²) in [5, 5.41) is 0. The summed E-state index contributed by atoms with van der Waals surface area (Å²) < 4.78 is 31.5. The highest BCUT2D eigenvalue weighted by Crippen LogP contribution is 2.28. The van der Waals surface area contributed by atoms with Crippen molar-refractivity contribution in [3.05, 3.63) is 100 Å². The molecule has 0 aromatic heterocycles. The lowest BCUT2D eigenvalue weighted by atomic mass is 9.91. The minimum absolute atomic E-state index is 0.460. The van der Waals surface area contributed by atoms with Crippen molar-refractivity contribution < 1.29 is 13.2 Å². The first kappa shape index (κ1) is 20.6. The average Bonchev–Trinajstić information content (AvgIpc) is 2.74. The molecule has 5 heteroatoms. The summed E-state index contributed by atoms with van der Waals surface area (Å²) in [5.41, 5.74) is 7.12. The Morgan fingerprint density at radius 1 is 0.967 bits per heavy atom. The fraction of sp³-hybridized carbons (Fsp3) is 0.280. The molecule has 3 aromatic rings. The number of hydrogen-bond acceptors (Lipinski definition) is 3. The van der Waals surface area contributed by atoms with Crippen LogP contribution in [-0.2, 0) is 36.0 Å². The third kappa shape index (κ3) is 4.74. The van der Waals surface area contributed by atoms with E-state index in [1.165, 1.54) is 22.9 Å². The number of rotatable bonds is 6. The second kappa shape index (κ2) is 8.62. The number of hydrogen-bond donors (Lipinski definition) is 0. The van der Waals surface area contributed by atoms with Crippen molar-refractivity contribution in [1.82, 2.24) is 4.31 Å². The van der Waals surface area contributed by atoms with E-state index in [9.17, 15) is 8.42 Å². The van der Waals surface area contributed by atoms with Crippen LogP contribution in [0.1, 0.15) is 33.4 Å². The first-order valence-corrected chi connectivity index (χ1v) is 12.1. The van der Waals surface area contributed by atoms with E-state index >= 15 is 0 Å². The van der Waals surface area contributed by atoms with E-state index in [1.807, 2.05) is 30.3 Å². The molecule has 0 fully saturated rings. The van der Waals surface area contributed by atoms with Crippen LogP contribution in [0, 0.1) is 6.92 Å². The van der Waals surface area contributed by atoms with E-state index in [-0.39, 0.29) is 0 Å². The van der Waals surface area contributed by atoms with Crippen molar-refractivity contribution in [3.8, 4) is 5.75 Å². The molecule has 1 aliphatic heterocycles. The summed E-state index contributed by atoms with van der Waals surface area (Å²) in [7, 11) is -3.16. The normalized spacial score (nSPS) is 14.3. The highest BCUT2D eigenvalue weighted by Gasteiger charge is 2.24. The van der Waals surface area contributed by atoms with Crippen molar-refractivity contribution in [2.24, 2.45) is 0 Å². The van der Waals surface area contributed by atoms with Gasteiger partial charge in [0.25, 0.3) is 0 Å². The molecule has 0 saturated heterocycles. The molecule has 0 unspecified atom stereocenters. The largest absolute Gasteiger partial charge is 0.489 e. The molecule has 0 atom stereocenters. The lowest BCUT2D eigenvalue weighted by molar-refractivity contribution is 0.304. The molecule has 0 aliphatic carbocycles. The Labute approximate surface area is 179 Å². The molecule has 156 valence electrons. The topological polar surface area (TPSA) is 46.6 Å². The maximum absolute atomic E-state index is 11.9. The molecule has 1 aliphatic rings. The zero-order valence-electron chi connectivity index (χ0n) is 17.5. The first-order valence-electron chi connectivity index (χ1n) is 10.2. The second-order valence-electron chi connectivity index (χ2n) is 7.95. The van der Waals surface area contributed by atoms with E-state index in [0.29, 0.717) is 19.7 Å². The van der Waals surface area contributed by atoms with Crippen LogP contribution < -0.4 is 4.74 Å². The van der Waals surface area contributed by atoms with E-state index in [1.54, 1.807) is 4.31 Å². The minimum atomic E-state index is -3.16. The fourth-order valence-corrected chi connectivity index (χ4v) is 4.77. The smallest absolute Gasteiger partial charge is 0.211 e. The molecule has 1 heterocycles. The van der Waals surface area contributed by atoms with Gasteiger partial charge in [0.15, 0.2) is 0 Å². The second-order valence-corrected chi connectivity index (χ2v) is 9.93. The number of nitrogens with zero attached hydrogens (tertiary/aromatic N) is 1. The number of benzene rings is 3. The Balaban J connectivity index is 1.53. The molecular weight excluding hydrogens is 394 g/mol. The van der Waals surface area contributed by atoms with E-state index in [4.69, 9.17) is 4.74 Å². The predicted molar refractivity (Wildman–Crippen MR) is 120 cm³/mol. The Kier molecular flexibility index (Phi) is 5.93. The Morgan fingerprint density at radius 3 is 2.53 bits per heavy atom. The first-order chi connectivity index (χ1) is 14.4. The summed E-state index contributed by atoms with van der Waals surface area (Å²) in [4.78, 5) is 0. The fourth-order valence-electron chi connectivity index (χ4n) is 3.98. The third-order valence-electron chi connectivity index (χ3n) is 5.68. The number of ether oxygens (including phenoxy) is 1. The summed E-state index contributed by atoms with van der Waals surface area (Å²) in [6.45, 7) is 3.62. The highest BCUT2D eigenvalue weighted by atomic mass is 32.2. The summed E-state index contributed by atoms with van der Waals surface area (Å²) in [5.74, 6) is 0.907. The number of sulfonamides is 1. The van der Waals surface area contributed by atoms with Gasteiger partial charge in [-0.1, -0.05) is 60.7 Å². The molecule has 0 radical (unpaired) electrons. The number of aryl methyl sites for hydroxylation is 1. The van der Waals surface area contributed by atoms with Gasteiger partial charge in [0.05, 0.1) is 6.26 Å². The summed E-state index contributed by atoms with van der Waals surface area (Å²) >= 11 is 0. The lowest BCUT2D eigenvalue weighted by Crippen LogP contribution is -2.35. The lowest BCUT2D eigenvalue weighted by Gasteiger charge is -2.28. The van der Waals surface area contributed by atoms with Gasteiger partial charge in [0.1, 0.15) is 12.4 Å².